The van der Waals surface area contributed by atoms with Crippen LogP contribution in [-0.4, -0.2) is 11.5 Å². The average Bonchev–Trinajstić information content (AvgIpc) is 2.48. The van der Waals surface area contributed by atoms with Gasteiger partial charge in [0.1, 0.15) is 6.07 Å². The molecule has 0 radical (unpaired) electrons. The quantitative estimate of drug-likeness (QED) is 0.658. The van der Waals surface area contributed by atoms with E-state index in [1.165, 1.54) is 12.1 Å². The Morgan fingerprint density at radius 1 is 1.24 bits per heavy atom. The summed E-state index contributed by atoms with van der Waals surface area (Å²) in [5.74, 6) is 0. The van der Waals surface area contributed by atoms with Crippen LogP contribution in [0.3, 0.4) is 0 Å². The molecule has 0 saturated heterocycles. The maximum absolute atomic E-state index is 10.6. The summed E-state index contributed by atoms with van der Waals surface area (Å²) in [6, 6.07) is 14.1. The minimum Gasteiger partial charge on any atom is -0.385 e. The second-order valence-corrected chi connectivity index (χ2v) is 5.26. The highest BCUT2D eigenvalue weighted by Gasteiger charge is 2.04. The average molecular weight is 346 g/mol. The van der Waals surface area contributed by atoms with Crippen molar-refractivity contribution in [2.24, 2.45) is 0 Å². The summed E-state index contributed by atoms with van der Waals surface area (Å²) in [4.78, 5) is 10.2. The molecule has 0 aromatic heterocycles. The maximum Gasteiger partial charge on any atom is 0.269 e. The van der Waals surface area contributed by atoms with Crippen molar-refractivity contribution >= 4 is 27.3 Å². The molecule has 0 aliphatic carbocycles. The number of nitriles is 1. The van der Waals surface area contributed by atoms with Gasteiger partial charge >= 0.3 is 0 Å². The highest BCUT2D eigenvalue weighted by Crippen LogP contribution is 2.21. The van der Waals surface area contributed by atoms with E-state index in [-0.39, 0.29) is 5.69 Å². The Morgan fingerprint density at radius 2 is 1.95 bits per heavy atom. The molecule has 0 spiro atoms. The van der Waals surface area contributed by atoms with Crippen LogP contribution in [0.5, 0.6) is 0 Å². The minimum absolute atomic E-state index is 0.0998. The smallest absolute Gasteiger partial charge is 0.269 e. The number of hydrogen-bond donors (Lipinski definition) is 1. The van der Waals surface area contributed by atoms with Gasteiger partial charge < -0.3 is 5.32 Å². The first-order chi connectivity index (χ1) is 10.1. The number of rotatable bonds is 5. The van der Waals surface area contributed by atoms with Crippen molar-refractivity contribution in [3.63, 3.8) is 0 Å². The van der Waals surface area contributed by atoms with E-state index in [1.54, 1.807) is 18.2 Å². The maximum atomic E-state index is 10.6. The molecule has 0 aliphatic rings. The zero-order valence-corrected chi connectivity index (χ0v) is 12.6. The number of nitrogens with zero attached hydrogens (tertiary/aromatic N) is 2. The molecule has 1 N–H and O–H groups in total. The number of nitro benzene ring substituents is 1. The number of halogens is 1. The lowest BCUT2D eigenvalue weighted by Gasteiger charge is -2.07. The van der Waals surface area contributed by atoms with Crippen LogP contribution in [0.25, 0.3) is 0 Å². The Bertz CT molecular complexity index is 693. The normalized spacial score (nSPS) is 9.90. The largest absolute Gasteiger partial charge is 0.385 e. The first-order valence-electron chi connectivity index (χ1n) is 6.27. The Balaban J connectivity index is 1.91. The zero-order chi connectivity index (χ0) is 15.2. The third-order valence-corrected chi connectivity index (χ3v) is 3.64. The highest BCUT2D eigenvalue weighted by molar-refractivity contribution is 9.10. The topological polar surface area (TPSA) is 79.0 Å². The second kappa shape index (κ2) is 6.86. The number of anilines is 1. The van der Waals surface area contributed by atoms with Gasteiger partial charge in [0.2, 0.25) is 0 Å². The predicted octanol–water partition coefficient (Wildman–Crippen LogP) is 3.88. The summed E-state index contributed by atoms with van der Waals surface area (Å²) in [6.45, 7) is 0.705. The lowest BCUT2D eigenvalue weighted by atomic mass is 10.1. The molecule has 106 valence electrons. The Hall–Kier alpha value is -2.39. The third-order valence-electron chi connectivity index (χ3n) is 2.98. The van der Waals surface area contributed by atoms with Crippen LogP contribution < -0.4 is 5.32 Å². The number of nitro groups is 1. The van der Waals surface area contributed by atoms with Gasteiger partial charge in [0.25, 0.3) is 5.69 Å². The van der Waals surface area contributed by atoms with Crippen molar-refractivity contribution in [2.45, 2.75) is 6.42 Å². The molecular weight excluding hydrogens is 334 g/mol. The summed E-state index contributed by atoms with van der Waals surface area (Å²) >= 11 is 3.34. The van der Waals surface area contributed by atoms with Crippen molar-refractivity contribution in [2.75, 3.05) is 11.9 Å². The van der Waals surface area contributed by atoms with Crippen LogP contribution in [0, 0.1) is 21.4 Å². The summed E-state index contributed by atoms with van der Waals surface area (Å²) in [5, 5.41) is 22.7. The molecule has 6 heteroatoms. The van der Waals surface area contributed by atoms with Crippen molar-refractivity contribution in [1.29, 1.82) is 5.26 Å². The molecule has 5 nitrogen and oxygen atoms in total. The fraction of sp³-hybridized carbons (Fsp3) is 0.133. The van der Waals surface area contributed by atoms with Crippen molar-refractivity contribution in [3.05, 3.63) is 68.2 Å². The zero-order valence-electron chi connectivity index (χ0n) is 11.0. The van der Waals surface area contributed by atoms with Crippen LogP contribution in [0.2, 0.25) is 0 Å². The number of benzene rings is 2. The fourth-order valence-electron chi connectivity index (χ4n) is 1.85. The van der Waals surface area contributed by atoms with Crippen LogP contribution in [0.1, 0.15) is 11.1 Å². The summed E-state index contributed by atoms with van der Waals surface area (Å²) in [5.41, 5.74) is 2.64. The first-order valence-corrected chi connectivity index (χ1v) is 7.06. The predicted molar refractivity (Wildman–Crippen MR) is 84.1 cm³/mol. The Morgan fingerprint density at radius 3 is 2.52 bits per heavy atom. The van der Waals surface area contributed by atoms with Crippen molar-refractivity contribution in [3.8, 4) is 6.07 Å². The van der Waals surface area contributed by atoms with Crippen LogP contribution in [-0.2, 0) is 6.42 Å². The third kappa shape index (κ3) is 4.04. The van der Waals surface area contributed by atoms with Gasteiger partial charge in [-0.1, -0.05) is 12.1 Å². The number of hydrogen-bond acceptors (Lipinski definition) is 4. The summed E-state index contributed by atoms with van der Waals surface area (Å²) in [6.07, 6.45) is 0.760. The molecule has 0 atom stereocenters. The van der Waals surface area contributed by atoms with Gasteiger partial charge in [-0.25, -0.2) is 0 Å². The van der Waals surface area contributed by atoms with Crippen LogP contribution >= 0.6 is 15.9 Å². The van der Waals surface area contributed by atoms with E-state index in [4.69, 9.17) is 5.26 Å². The van der Waals surface area contributed by atoms with E-state index in [9.17, 15) is 10.1 Å². The monoisotopic (exact) mass is 345 g/mol. The molecule has 0 fully saturated rings. The van der Waals surface area contributed by atoms with Crippen LogP contribution in [0.15, 0.2) is 46.9 Å². The van der Waals surface area contributed by atoms with Gasteiger partial charge in [0.15, 0.2) is 0 Å². The first kappa shape index (κ1) is 15.0. The lowest BCUT2D eigenvalue weighted by molar-refractivity contribution is -0.384. The number of non-ortho nitro benzene ring substituents is 1. The summed E-state index contributed by atoms with van der Waals surface area (Å²) < 4.78 is 0.755. The van der Waals surface area contributed by atoms with Crippen molar-refractivity contribution < 1.29 is 4.92 Å². The SMILES string of the molecule is N#Cc1ccc(NCCc2ccc([N+](=O)[O-])cc2)cc1Br. The van der Waals surface area contributed by atoms with Gasteiger partial charge in [-0.15, -0.1) is 0 Å². The van der Waals surface area contributed by atoms with Gasteiger partial charge in [0, 0.05) is 28.8 Å². The number of nitrogens with one attached hydrogen (secondary N) is 1. The van der Waals surface area contributed by atoms with E-state index in [0.717, 1.165) is 22.1 Å². The minimum atomic E-state index is -0.406. The van der Waals surface area contributed by atoms with Crippen molar-refractivity contribution in [1.82, 2.24) is 0 Å². The molecule has 0 amide bonds. The molecule has 21 heavy (non-hydrogen) atoms. The van der Waals surface area contributed by atoms with Gasteiger partial charge in [-0.3, -0.25) is 10.1 Å². The van der Waals surface area contributed by atoms with Crippen LogP contribution in [0.4, 0.5) is 11.4 Å². The molecule has 0 bridgehead atoms. The Kier molecular flexibility index (Phi) is 4.90. The molecule has 0 heterocycles. The second-order valence-electron chi connectivity index (χ2n) is 4.41. The van der Waals surface area contributed by atoms with E-state index >= 15 is 0 Å². The fourth-order valence-corrected chi connectivity index (χ4v) is 2.32. The van der Waals surface area contributed by atoms with Gasteiger partial charge in [0.05, 0.1) is 10.5 Å². The Labute approximate surface area is 130 Å². The molecule has 2 aromatic rings. The van der Waals surface area contributed by atoms with E-state index in [0.29, 0.717) is 12.1 Å². The lowest BCUT2D eigenvalue weighted by Crippen LogP contribution is -2.05. The van der Waals surface area contributed by atoms with Gasteiger partial charge in [-0.05, 0) is 46.1 Å². The van der Waals surface area contributed by atoms with E-state index in [1.807, 2.05) is 12.1 Å². The van der Waals surface area contributed by atoms with E-state index in [2.05, 4.69) is 27.3 Å². The molecular formula is C15H12BrN3O2. The summed E-state index contributed by atoms with van der Waals surface area (Å²) in [7, 11) is 0. The molecule has 2 aromatic carbocycles. The highest BCUT2D eigenvalue weighted by atomic mass is 79.9. The molecule has 0 aliphatic heterocycles. The van der Waals surface area contributed by atoms with Gasteiger partial charge in [-0.2, -0.15) is 5.26 Å². The molecule has 0 unspecified atom stereocenters. The molecule has 0 saturated carbocycles. The standard InChI is InChI=1S/C15H12BrN3O2/c16-15-9-13(4-3-12(15)10-17)18-8-7-11-1-5-14(6-2-11)19(20)21/h1-6,9,18H,7-8H2. The molecule has 2 rings (SSSR count). The van der Waals surface area contributed by atoms with E-state index < -0.39 is 4.92 Å².